The van der Waals surface area contributed by atoms with E-state index in [1.54, 1.807) is 42.5 Å². The van der Waals surface area contributed by atoms with Crippen molar-refractivity contribution in [3.63, 3.8) is 0 Å². The van der Waals surface area contributed by atoms with Gasteiger partial charge in [-0.25, -0.2) is 9.59 Å². The van der Waals surface area contributed by atoms with Crippen molar-refractivity contribution in [2.75, 3.05) is 0 Å². The molecule has 0 bridgehead atoms. The highest BCUT2D eigenvalue weighted by molar-refractivity contribution is 5.81. The molecule has 0 aliphatic carbocycles. The first-order valence-corrected chi connectivity index (χ1v) is 7.03. The van der Waals surface area contributed by atoms with Crippen molar-refractivity contribution in [1.82, 2.24) is 0 Å². The predicted octanol–water partition coefficient (Wildman–Crippen LogP) is 3.31. The molecule has 1 atom stereocenters. The zero-order valence-corrected chi connectivity index (χ0v) is 12.4. The van der Waals surface area contributed by atoms with E-state index in [4.69, 9.17) is 9.15 Å². The van der Waals surface area contributed by atoms with E-state index >= 15 is 0 Å². The van der Waals surface area contributed by atoms with Gasteiger partial charge in [-0.1, -0.05) is 30.3 Å². The van der Waals surface area contributed by atoms with Gasteiger partial charge >= 0.3 is 11.6 Å². The number of carbonyl (C=O) groups is 1. The fourth-order valence-corrected chi connectivity index (χ4v) is 2.40. The molecule has 1 N–H and O–H groups in total. The normalized spacial score (nSPS) is 12.0. The second-order valence-electron chi connectivity index (χ2n) is 5.15. The fourth-order valence-electron chi connectivity index (χ4n) is 2.40. The number of carboxylic acids is 1. The Labute approximate surface area is 131 Å². The zero-order valence-electron chi connectivity index (χ0n) is 12.4. The number of aryl methyl sites for hydroxylation is 1. The molecule has 2 aromatic carbocycles. The lowest BCUT2D eigenvalue weighted by molar-refractivity contribution is -0.145. The summed E-state index contributed by atoms with van der Waals surface area (Å²) in [5, 5.41) is 10.2. The maximum atomic E-state index is 11.5. The minimum atomic E-state index is -1.13. The van der Waals surface area contributed by atoms with Gasteiger partial charge in [0.25, 0.3) is 0 Å². The van der Waals surface area contributed by atoms with Crippen LogP contribution in [0, 0.1) is 6.92 Å². The van der Waals surface area contributed by atoms with Gasteiger partial charge in [0.2, 0.25) is 6.10 Å². The third kappa shape index (κ3) is 3.08. The molecule has 5 nitrogen and oxygen atoms in total. The molecule has 0 unspecified atom stereocenters. The van der Waals surface area contributed by atoms with Gasteiger partial charge in [0.05, 0.1) is 0 Å². The number of aliphatic carboxylic acids is 1. The van der Waals surface area contributed by atoms with Crippen LogP contribution in [-0.4, -0.2) is 11.1 Å². The van der Waals surface area contributed by atoms with Gasteiger partial charge in [0, 0.05) is 23.1 Å². The average molecular weight is 310 g/mol. The smallest absolute Gasteiger partial charge is 0.349 e. The summed E-state index contributed by atoms with van der Waals surface area (Å²) in [4.78, 5) is 22.9. The molecule has 23 heavy (non-hydrogen) atoms. The second-order valence-corrected chi connectivity index (χ2v) is 5.15. The molecule has 0 aliphatic heterocycles. The van der Waals surface area contributed by atoms with Crippen LogP contribution in [0.1, 0.15) is 17.2 Å². The molecule has 0 saturated carbocycles. The van der Waals surface area contributed by atoms with E-state index in [0.717, 1.165) is 10.9 Å². The van der Waals surface area contributed by atoms with Crippen LogP contribution in [0.15, 0.2) is 63.8 Å². The first kappa shape index (κ1) is 14.8. The highest BCUT2D eigenvalue weighted by atomic mass is 16.5. The van der Waals surface area contributed by atoms with E-state index in [-0.39, 0.29) is 0 Å². The van der Waals surface area contributed by atoms with Gasteiger partial charge in [0.1, 0.15) is 11.3 Å². The molecule has 3 aromatic rings. The van der Waals surface area contributed by atoms with E-state index in [9.17, 15) is 14.7 Å². The molecule has 0 aliphatic rings. The molecular weight excluding hydrogens is 296 g/mol. The maximum absolute atomic E-state index is 11.5. The Kier molecular flexibility index (Phi) is 3.85. The monoisotopic (exact) mass is 310 g/mol. The minimum Gasteiger partial charge on any atom is -0.478 e. The zero-order chi connectivity index (χ0) is 16.4. The highest BCUT2D eigenvalue weighted by Crippen LogP contribution is 2.26. The summed E-state index contributed by atoms with van der Waals surface area (Å²) < 4.78 is 10.7. The van der Waals surface area contributed by atoms with E-state index in [0.29, 0.717) is 16.9 Å². The van der Waals surface area contributed by atoms with Crippen molar-refractivity contribution in [2.24, 2.45) is 0 Å². The molecule has 1 heterocycles. The largest absolute Gasteiger partial charge is 0.478 e. The number of fused-ring (bicyclic) bond motifs is 1. The standard InChI is InChI=1S/C18H14O5/c1-11-9-16(19)23-15-10-13(7-8-14(11)15)22-17(18(20)21)12-5-3-2-4-6-12/h2-10,17H,1H3,(H,20,21)/t17-/m0/s1. The first-order chi connectivity index (χ1) is 11.0. The molecule has 116 valence electrons. The lowest BCUT2D eigenvalue weighted by Crippen LogP contribution is -2.18. The minimum absolute atomic E-state index is 0.322. The number of hydrogen-bond acceptors (Lipinski definition) is 4. The SMILES string of the molecule is Cc1cc(=O)oc2cc(O[C@H](C(=O)O)c3ccccc3)ccc12. The summed E-state index contributed by atoms with van der Waals surface area (Å²) in [6.45, 7) is 1.81. The summed E-state index contributed by atoms with van der Waals surface area (Å²) in [7, 11) is 0. The van der Waals surface area contributed by atoms with Crippen LogP contribution in [0.5, 0.6) is 5.75 Å². The van der Waals surface area contributed by atoms with Crippen LogP contribution in [-0.2, 0) is 4.79 Å². The fraction of sp³-hybridized carbons (Fsp3) is 0.111. The quantitative estimate of drug-likeness (QED) is 0.748. The highest BCUT2D eigenvalue weighted by Gasteiger charge is 2.21. The Morgan fingerprint density at radius 1 is 1.13 bits per heavy atom. The van der Waals surface area contributed by atoms with Gasteiger partial charge < -0.3 is 14.3 Å². The molecule has 0 amide bonds. The number of benzene rings is 2. The van der Waals surface area contributed by atoms with Gasteiger partial charge in [-0.2, -0.15) is 0 Å². The number of carboxylic acid groups (broad SMARTS) is 1. The van der Waals surface area contributed by atoms with Crippen LogP contribution in [0.2, 0.25) is 0 Å². The molecule has 3 rings (SSSR count). The van der Waals surface area contributed by atoms with Gasteiger partial charge in [0.15, 0.2) is 0 Å². The van der Waals surface area contributed by atoms with Crippen LogP contribution in [0.4, 0.5) is 0 Å². The molecule has 0 radical (unpaired) electrons. The Morgan fingerprint density at radius 2 is 1.87 bits per heavy atom. The van der Waals surface area contributed by atoms with Crippen molar-refractivity contribution < 1.29 is 19.1 Å². The number of rotatable bonds is 4. The van der Waals surface area contributed by atoms with Crippen LogP contribution in [0.25, 0.3) is 11.0 Å². The Hall–Kier alpha value is -3.08. The molecule has 5 heteroatoms. The number of hydrogen-bond donors (Lipinski definition) is 1. The van der Waals surface area contributed by atoms with Crippen molar-refractivity contribution in [3.05, 3.63) is 76.1 Å². The third-order valence-electron chi connectivity index (χ3n) is 3.50. The Morgan fingerprint density at radius 3 is 2.57 bits per heavy atom. The van der Waals surface area contributed by atoms with Crippen molar-refractivity contribution in [2.45, 2.75) is 13.0 Å². The van der Waals surface area contributed by atoms with Crippen molar-refractivity contribution >= 4 is 16.9 Å². The van der Waals surface area contributed by atoms with E-state index < -0.39 is 17.7 Å². The summed E-state index contributed by atoms with van der Waals surface area (Å²) in [6, 6.07) is 15.0. The molecule has 0 spiro atoms. The lowest BCUT2D eigenvalue weighted by Gasteiger charge is -2.15. The first-order valence-electron chi connectivity index (χ1n) is 7.03. The topological polar surface area (TPSA) is 76.7 Å². The maximum Gasteiger partial charge on any atom is 0.349 e. The van der Waals surface area contributed by atoms with E-state index in [2.05, 4.69) is 0 Å². The van der Waals surface area contributed by atoms with Crippen LogP contribution < -0.4 is 10.4 Å². The predicted molar refractivity (Wildman–Crippen MR) is 84.7 cm³/mol. The second kappa shape index (κ2) is 5.96. The number of ether oxygens (including phenoxy) is 1. The van der Waals surface area contributed by atoms with Crippen molar-refractivity contribution in [3.8, 4) is 5.75 Å². The van der Waals surface area contributed by atoms with Crippen molar-refractivity contribution in [1.29, 1.82) is 0 Å². The summed E-state index contributed by atoms with van der Waals surface area (Å²) in [6.07, 6.45) is -1.13. The average Bonchev–Trinajstić information content (AvgIpc) is 2.52. The molecule has 0 saturated heterocycles. The van der Waals surface area contributed by atoms with Gasteiger partial charge in [-0.3, -0.25) is 0 Å². The van der Waals surface area contributed by atoms with Crippen LogP contribution >= 0.6 is 0 Å². The lowest BCUT2D eigenvalue weighted by atomic mass is 10.1. The Balaban J connectivity index is 1.99. The van der Waals surface area contributed by atoms with Crippen LogP contribution in [0.3, 0.4) is 0 Å². The van der Waals surface area contributed by atoms with Gasteiger partial charge in [-0.15, -0.1) is 0 Å². The third-order valence-corrected chi connectivity index (χ3v) is 3.50. The summed E-state index contributed by atoms with van der Waals surface area (Å²) in [5.74, 6) is -0.774. The summed E-state index contributed by atoms with van der Waals surface area (Å²) >= 11 is 0. The summed E-state index contributed by atoms with van der Waals surface area (Å²) in [5.41, 5.74) is 1.24. The van der Waals surface area contributed by atoms with E-state index in [1.165, 1.54) is 12.1 Å². The molecular formula is C18H14O5. The molecule has 1 aromatic heterocycles. The Bertz CT molecular complexity index is 912. The van der Waals surface area contributed by atoms with Gasteiger partial charge in [-0.05, 0) is 24.6 Å². The molecule has 0 fully saturated rings. The van der Waals surface area contributed by atoms with E-state index in [1.807, 2.05) is 6.92 Å².